The number of thioether (sulfide) groups is 1. The van der Waals surface area contributed by atoms with E-state index in [0.29, 0.717) is 38.5 Å². The van der Waals surface area contributed by atoms with Gasteiger partial charge in [-0.1, -0.05) is 41.6 Å². The highest BCUT2D eigenvalue weighted by atomic mass is 35.5. The number of carbonyl (C=O) groups is 3. The lowest BCUT2D eigenvalue weighted by Gasteiger charge is -2.14. The van der Waals surface area contributed by atoms with Crippen molar-refractivity contribution in [2.24, 2.45) is 0 Å². The fraction of sp³-hybridized carbons (Fsp3) is 0.158. The van der Waals surface area contributed by atoms with Crippen molar-refractivity contribution >= 4 is 63.7 Å². The third-order valence-electron chi connectivity index (χ3n) is 3.88. The number of amides is 3. The van der Waals surface area contributed by atoms with Gasteiger partial charge in [-0.15, -0.1) is 0 Å². The van der Waals surface area contributed by atoms with Crippen molar-refractivity contribution in [3.05, 3.63) is 63.9 Å². The lowest BCUT2D eigenvalue weighted by Crippen LogP contribution is -2.41. The molecule has 0 spiro atoms. The standard InChI is InChI=1S/C19H16ClN3O4S2/c20-13-5-1-4-12(10-13)17(25)22-21-16(24)7-2-8-23-18(26)15(29-19(23)28)11-14-6-3-9-27-14/h1,3-6,9-11H,2,7-8H2,(H,21,24)(H,22,25)/b15-11+. The van der Waals surface area contributed by atoms with Gasteiger partial charge in [0.1, 0.15) is 10.1 Å². The Labute approximate surface area is 181 Å². The van der Waals surface area contributed by atoms with Crippen molar-refractivity contribution in [2.75, 3.05) is 6.54 Å². The number of halogens is 1. The number of carbonyl (C=O) groups excluding carboxylic acids is 3. The maximum Gasteiger partial charge on any atom is 0.269 e. The molecule has 2 aromatic rings. The molecule has 7 nitrogen and oxygen atoms in total. The second kappa shape index (κ2) is 9.73. The molecular weight excluding hydrogens is 434 g/mol. The Morgan fingerprint density at radius 3 is 2.79 bits per heavy atom. The zero-order chi connectivity index (χ0) is 20.8. The molecule has 150 valence electrons. The maximum atomic E-state index is 12.5. The molecule has 1 aliphatic rings. The van der Waals surface area contributed by atoms with Gasteiger partial charge in [0.25, 0.3) is 11.8 Å². The molecule has 0 saturated carbocycles. The van der Waals surface area contributed by atoms with E-state index in [1.807, 2.05) is 0 Å². The highest BCUT2D eigenvalue weighted by Crippen LogP contribution is 2.32. The Morgan fingerprint density at radius 2 is 2.07 bits per heavy atom. The molecule has 1 aromatic carbocycles. The number of furan rings is 1. The van der Waals surface area contributed by atoms with E-state index in [-0.39, 0.29) is 18.2 Å². The molecule has 1 aliphatic heterocycles. The predicted molar refractivity (Wildman–Crippen MR) is 115 cm³/mol. The number of nitrogens with zero attached hydrogens (tertiary/aromatic N) is 1. The average Bonchev–Trinajstić information content (AvgIpc) is 3.30. The van der Waals surface area contributed by atoms with Crippen LogP contribution in [0.25, 0.3) is 6.08 Å². The Kier molecular flexibility index (Phi) is 7.08. The number of rotatable bonds is 6. The summed E-state index contributed by atoms with van der Waals surface area (Å²) in [6.45, 7) is 0.301. The van der Waals surface area contributed by atoms with Gasteiger partial charge in [-0.05, 0) is 36.8 Å². The van der Waals surface area contributed by atoms with Crippen LogP contribution in [0.3, 0.4) is 0 Å². The van der Waals surface area contributed by atoms with Crippen LogP contribution in [-0.4, -0.2) is 33.5 Å². The fourth-order valence-corrected chi connectivity index (χ4v) is 3.96. The van der Waals surface area contributed by atoms with Crippen molar-refractivity contribution in [1.29, 1.82) is 0 Å². The minimum absolute atomic E-state index is 0.115. The van der Waals surface area contributed by atoms with E-state index in [4.69, 9.17) is 28.2 Å². The van der Waals surface area contributed by atoms with Crippen LogP contribution in [0.15, 0.2) is 52.0 Å². The molecular formula is C19H16ClN3O4S2. The van der Waals surface area contributed by atoms with Gasteiger partial charge in [0, 0.05) is 29.6 Å². The summed E-state index contributed by atoms with van der Waals surface area (Å²) >= 11 is 12.3. The molecule has 0 atom stereocenters. The number of hydrogen-bond donors (Lipinski definition) is 2. The van der Waals surface area contributed by atoms with Gasteiger partial charge in [0.2, 0.25) is 5.91 Å². The summed E-state index contributed by atoms with van der Waals surface area (Å²) in [6.07, 6.45) is 3.66. The second-order valence-electron chi connectivity index (χ2n) is 5.96. The number of nitrogens with one attached hydrogen (secondary N) is 2. The van der Waals surface area contributed by atoms with Crippen LogP contribution >= 0.6 is 35.6 Å². The van der Waals surface area contributed by atoms with E-state index in [9.17, 15) is 14.4 Å². The fourth-order valence-electron chi connectivity index (χ4n) is 2.48. The molecule has 1 fully saturated rings. The summed E-state index contributed by atoms with van der Waals surface area (Å²) in [7, 11) is 0. The maximum absolute atomic E-state index is 12.5. The van der Waals surface area contributed by atoms with Crippen molar-refractivity contribution in [3.63, 3.8) is 0 Å². The normalized spacial score (nSPS) is 15.1. The molecule has 0 radical (unpaired) electrons. The molecule has 0 aliphatic carbocycles. The Morgan fingerprint density at radius 1 is 1.24 bits per heavy atom. The van der Waals surface area contributed by atoms with Gasteiger partial charge >= 0.3 is 0 Å². The molecule has 10 heteroatoms. The molecule has 2 heterocycles. The molecule has 0 unspecified atom stereocenters. The van der Waals surface area contributed by atoms with Gasteiger partial charge in [0.15, 0.2) is 0 Å². The van der Waals surface area contributed by atoms with Crippen LogP contribution in [-0.2, 0) is 9.59 Å². The van der Waals surface area contributed by atoms with Crippen molar-refractivity contribution in [1.82, 2.24) is 15.8 Å². The zero-order valence-electron chi connectivity index (χ0n) is 15.0. The van der Waals surface area contributed by atoms with Crippen LogP contribution in [0.1, 0.15) is 29.0 Å². The van der Waals surface area contributed by atoms with Crippen molar-refractivity contribution < 1.29 is 18.8 Å². The van der Waals surface area contributed by atoms with E-state index in [1.165, 1.54) is 29.0 Å². The smallest absolute Gasteiger partial charge is 0.269 e. The third-order valence-corrected chi connectivity index (χ3v) is 5.49. The SMILES string of the molecule is O=C(CCCN1C(=O)/C(=C\c2ccco2)SC1=S)NNC(=O)c1cccc(Cl)c1. The van der Waals surface area contributed by atoms with Crippen LogP contribution < -0.4 is 10.9 Å². The Hall–Kier alpha value is -2.62. The molecule has 3 amide bonds. The summed E-state index contributed by atoms with van der Waals surface area (Å²) in [5.74, 6) is -0.496. The first-order valence-electron chi connectivity index (χ1n) is 8.57. The number of thiocarbonyl (C=S) groups is 1. The minimum atomic E-state index is -0.471. The van der Waals surface area contributed by atoms with E-state index < -0.39 is 5.91 Å². The highest BCUT2D eigenvalue weighted by molar-refractivity contribution is 8.26. The quantitative estimate of drug-likeness (QED) is 0.399. The summed E-state index contributed by atoms with van der Waals surface area (Å²) in [4.78, 5) is 38.3. The Balaban J connectivity index is 1.43. The number of hydrazine groups is 1. The van der Waals surface area contributed by atoms with Crippen LogP contribution in [0.4, 0.5) is 0 Å². The van der Waals surface area contributed by atoms with Crippen LogP contribution in [0.2, 0.25) is 5.02 Å². The van der Waals surface area contributed by atoms with Gasteiger partial charge in [-0.2, -0.15) is 0 Å². The highest BCUT2D eigenvalue weighted by Gasteiger charge is 2.31. The van der Waals surface area contributed by atoms with Crippen LogP contribution in [0, 0.1) is 0 Å². The monoisotopic (exact) mass is 449 g/mol. The van der Waals surface area contributed by atoms with Crippen molar-refractivity contribution in [3.8, 4) is 0 Å². The van der Waals surface area contributed by atoms with Gasteiger partial charge in [0.05, 0.1) is 11.2 Å². The lowest BCUT2D eigenvalue weighted by atomic mass is 10.2. The predicted octanol–water partition coefficient (Wildman–Crippen LogP) is 3.38. The summed E-state index contributed by atoms with van der Waals surface area (Å²) < 4.78 is 5.65. The average molecular weight is 450 g/mol. The first-order valence-corrected chi connectivity index (χ1v) is 10.2. The third kappa shape index (κ3) is 5.69. The molecule has 29 heavy (non-hydrogen) atoms. The lowest BCUT2D eigenvalue weighted by molar-refractivity contribution is -0.124. The molecule has 0 bridgehead atoms. The first-order chi connectivity index (χ1) is 13.9. The molecule has 1 saturated heterocycles. The van der Waals surface area contributed by atoms with E-state index >= 15 is 0 Å². The van der Waals surface area contributed by atoms with Gasteiger partial charge in [-0.3, -0.25) is 30.1 Å². The molecule has 3 rings (SSSR count). The number of benzene rings is 1. The topological polar surface area (TPSA) is 91.7 Å². The summed E-state index contributed by atoms with van der Waals surface area (Å²) in [5.41, 5.74) is 5.00. The zero-order valence-corrected chi connectivity index (χ0v) is 17.4. The minimum Gasteiger partial charge on any atom is -0.465 e. The van der Waals surface area contributed by atoms with Crippen LogP contribution in [0.5, 0.6) is 0 Å². The van der Waals surface area contributed by atoms with Crippen molar-refractivity contribution in [2.45, 2.75) is 12.8 Å². The van der Waals surface area contributed by atoms with Gasteiger partial charge in [-0.25, -0.2) is 0 Å². The largest absolute Gasteiger partial charge is 0.465 e. The summed E-state index contributed by atoms with van der Waals surface area (Å²) in [5, 5.41) is 0.425. The number of hydrogen-bond acceptors (Lipinski definition) is 6. The van der Waals surface area contributed by atoms with E-state index in [2.05, 4.69) is 10.9 Å². The molecule has 1 aromatic heterocycles. The molecule has 2 N–H and O–H groups in total. The van der Waals surface area contributed by atoms with E-state index in [0.717, 1.165) is 0 Å². The van der Waals surface area contributed by atoms with Gasteiger partial charge < -0.3 is 4.42 Å². The second-order valence-corrected chi connectivity index (χ2v) is 8.08. The van der Waals surface area contributed by atoms with E-state index in [1.54, 1.807) is 36.4 Å². The summed E-state index contributed by atoms with van der Waals surface area (Å²) in [6, 6.07) is 9.84. The first kappa shape index (κ1) is 21.1. The Bertz CT molecular complexity index is 976.